The van der Waals surface area contributed by atoms with Crippen molar-refractivity contribution in [3.8, 4) is 11.9 Å². The van der Waals surface area contributed by atoms with Crippen molar-refractivity contribution >= 4 is 11.8 Å². The number of aromatic nitrogens is 2. The first kappa shape index (κ1) is 15.2. The van der Waals surface area contributed by atoms with Crippen molar-refractivity contribution in [2.75, 3.05) is 0 Å². The first-order valence-corrected chi connectivity index (χ1v) is 7.11. The van der Waals surface area contributed by atoms with Crippen LogP contribution in [0, 0.1) is 23.0 Å². The predicted octanol–water partition coefficient (Wildman–Crippen LogP) is 3.19. The molecule has 0 aliphatic heterocycles. The van der Waals surface area contributed by atoms with Crippen molar-refractivity contribution in [2.45, 2.75) is 24.3 Å². The van der Waals surface area contributed by atoms with Crippen LogP contribution in [-0.2, 0) is 12.2 Å². The van der Waals surface area contributed by atoms with Crippen LogP contribution < -0.4 is 0 Å². The van der Waals surface area contributed by atoms with Crippen molar-refractivity contribution in [3.63, 3.8) is 0 Å². The number of hydrogen-bond acceptors (Lipinski definition) is 5. The van der Waals surface area contributed by atoms with Gasteiger partial charge in [0.15, 0.2) is 16.8 Å². The maximum Gasteiger partial charge on any atom is 0.233 e. The average molecular weight is 307 g/mol. The summed E-state index contributed by atoms with van der Waals surface area (Å²) in [7, 11) is 0. The lowest BCUT2D eigenvalue weighted by molar-refractivity contribution is 0.441. The van der Waals surface area contributed by atoms with E-state index in [9.17, 15) is 13.9 Å². The molecular weight excluding hydrogens is 296 g/mol. The lowest BCUT2D eigenvalue weighted by atomic mass is 10.2. The summed E-state index contributed by atoms with van der Waals surface area (Å²) in [5, 5.41) is 18.8. The van der Waals surface area contributed by atoms with Gasteiger partial charge in [0.25, 0.3) is 0 Å². The van der Waals surface area contributed by atoms with Crippen molar-refractivity contribution in [2.24, 2.45) is 0 Å². The summed E-state index contributed by atoms with van der Waals surface area (Å²) in [6.45, 7) is 1.79. The molecular formula is C14H11F2N3OS. The lowest BCUT2D eigenvalue weighted by Crippen LogP contribution is -1.99. The first-order chi connectivity index (χ1) is 10.1. The quantitative estimate of drug-likeness (QED) is 0.694. The number of aromatic hydroxyl groups is 1. The van der Waals surface area contributed by atoms with Crippen LogP contribution in [0.15, 0.2) is 23.4 Å². The molecule has 0 aliphatic rings. The van der Waals surface area contributed by atoms with E-state index in [1.165, 1.54) is 12.1 Å². The molecule has 2 rings (SSSR count). The van der Waals surface area contributed by atoms with Crippen LogP contribution in [0.25, 0.3) is 0 Å². The number of benzene rings is 1. The van der Waals surface area contributed by atoms with E-state index in [-0.39, 0.29) is 22.0 Å². The van der Waals surface area contributed by atoms with Gasteiger partial charge in [0.1, 0.15) is 11.6 Å². The summed E-state index contributed by atoms with van der Waals surface area (Å²) in [4.78, 5) is 7.93. The largest absolute Gasteiger partial charge is 0.492 e. The molecule has 0 spiro atoms. The Bertz CT molecular complexity index is 716. The second-order valence-corrected chi connectivity index (χ2v) is 5.06. The molecule has 0 radical (unpaired) electrons. The molecule has 108 valence electrons. The first-order valence-electron chi connectivity index (χ1n) is 6.12. The standard InChI is InChI=1S/C14H11F2N3OS/c1-2-11-9(6-17)13(20)19-14(18-11)21-7-8-4-3-5-10(15)12(8)16/h3-5H,2,7H2,1H3,(H,18,19,20). The van der Waals surface area contributed by atoms with E-state index in [4.69, 9.17) is 5.26 Å². The molecule has 1 heterocycles. The number of nitriles is 1. The molecule has 0 fully saturated rings. The van der Waals surface area contributed by atoms with Gasteiger partial charge >= 0.3 is 0 Å². The fourth-order valence-corrected chi connectivity index (χ4v) is 2.54. The topological polar surface area (TPSA) is 69.8 Å². The Hall–Kier alpha value is -2.20. The summed E-state index contributed by atoms with van der Waals surface area (Å²) >= 11 is 1.06. The lowest BCUT2D eigenvalue weighted by Gasteiger charge is -2.06. The highest BCUT2D eigenvalue weighted by atomic mass is 32.2. The van der Waals surface area contributed by atoms with E-state index in [0.717, 1.165) is 17.8 Å². The third-order valence-electron chi connectivity index (χ3n) is 2.78. The van der Waals surface area contributed by atoms with Gasteiger partial charge in [0.2, 0.25) is 5.88 Å². The van der Waals surface area contributed by atoms with Crippen molar-refractivity contribution in [3.05, 3.63) is 46.7 Å². The summed E-state index contributed by atoms with van der Waals surface area (Å²) in [6.07, 6.45) is 0.459. The number of halogens is 2. The molecule has 21 heavy (non-hydrogen) atoms. The molecule has 7 heteroatoms. The Kier molecular flexibility index (Phi) is 4.70. The summed E-state index contributed by atoms with van der Waals surface area (Å²) < 4.78 is 26.6. The van der Waals surface area contributed by atoms with Gasteiger partial charge in [-0.05, 0) is 12.5 Å². The average Bonchev–Trinajstić information content (AvgIpc) is 2.48. The zero-order chi connectivity index (χ0) is 15.4. The summed E-state index contributed by atoms with van der Waals surface area (Å²) in [5.41, 5.74) is 0.650. The van der Waals surface area contributed by atoms with Gasteiger partial charge < -0.3 is 5.11 Å². The van der Waals surface area contributed by atoms with Gasteiger partial charge in [-0.15, -0.1) is 0 Å². The van der Waals surface area contributed by atoms with E-state index in [0.29, 0.717) is 12.1 Å². The van der Waals surface area contributed by atoms with Gasteiger partial charge in [0.05, 0.1) is 5.69 Å². The van der Waals surface area contributed by atoms with Gasteiger partial charge in [-0.25, -0.2) is 13.8 Å². The maximum absolute atomic E-state index is 13.5. The predicted molar refractivity (Wildman–Crippen MR) is 73.7 cm³/mol. The van der Waals surface area contributed by atoms with Gasteiger partial charge in [-0.1, -0.05) is 30.8 Å². The molecule has 0 saturated heterocycles. The Morgan fingerprint density at radius 1 is 1.33 bits per heavy atom. The zero-order valence-corrected chi connectivity index (χ0v) is 11.9. The SMILES string of the molecule is CCc1nc(SCc2cccc(F)c2F)nc(O)c1C#N. The van der Waals surface area contributed by atoms with Gasteiger partial charge in [-0.2, -0.15) is 10.2 Å². The molecule has 1 aromatic carbocycles. The fraction of sp³-hybridized carbons (Fsp3) is 0.214. The highest BCUT2D eigenvalue weighted by Gasteiger charge is 2.14. The molecule has 0 unspecified atom stereocenters. The summed E-state index contributed by atoms with van der Waals surface area (Å²) in [5.74, 6) is -2.09. The Labute approximate surface area is 124 Å². The number of nitrogens with zero attached hydrogens (tertiary/aromatic N) is 3. The van der Waals surface area contributed by atoms with E-state index in [2.05, 4.69) is 9.97 Å². The summed E-state index contributed by atoms with van der Waals surface area (Å²) in [6, 6.07) is 5.77. The van der Waals surface area contributed by atoms with E-state index >= 15 is 0 Å². The second-order valence-electron chi connectivity index (χ2n) is 4.12. The Balaban J connectivity index is 2.23. The zero-order valence-electron chi connectivity index (χ0n) is 11.1. The molecule has 4 nitrogen and oxygen atoms in total. The molecule has 2 aromatic rings. The minimum Gasteiger partial charge on any atom is -0.492 e. The fourth-order valence-electron chi connectivity index (χ4n) is 1.71. The van der Waals surface area contributed by atoms with E-state index < -0.39 is 17.5 Å². The Morgan fingerprint density at radius 3 is 2.76 bits per heavy atom. The molecule has 0 saturated carbocycles. The van der Waals surface area contributed by atoms with Crippen LogP contribution in [0.1, 0.15) is 23.7 Å². The minimum absolute atomic E-state index is 0.0405. The third kappa shape index (κ3) is 3.28. The van der Waals surface area contributed by atoms with Crippen molar-refractivity contribution in [1.29, 1.82) is 5.26 Å². The highest BCUT2D eigenvalue weighted by molar-refractivity contribution is 7.98. The monoisotopic (exact) mass is 307 g/mol. The number of hydrogen-bond donors (Lipinski definition) is 1. The van der Waals surface area contributed by atoms with Crippen LogP contribution in [0.3, 0.4) is 0 Å². The minimum atomic E-state index is -0.911. The van der Waals surface area contributed by atoms with Gasteiger partial charge in [-0.3, -0.25) is 0 Å². The normalized spacial score (nSPS) is 10.4. The molecule has 0 atom stereocenters. The van der Waals surface area contributed by atoms with Crippen molar-refractivity contribution < 1.29 is 13.9 Å². The smallest absolute Gasteiger partial charge is 0.233 e. The maximum atomic E-state index is 13.5. The molecule has 1 aromatic heterocycles. The third-order valence-corrected chi connectivity index (χ3v) is 3.68. The number of rotatable bonds is 4. The van der Waals surface area contributed by atoms with Gasteiger partial charge in [0, 0.05) is 11.3 Å². The molecule has 1 N–H and O–H groups in total. The molecule has 0 bridgehead atoms. The van der Waals surface area contributed by atoms with Crippen LogP contribution in [0.5, 0.6) is 5.88 Å². The highest BCUT2D eigenvalue weighted by Crippen LogP contribution is 2.26. The van der Waals surface area contributed by atoms with Crippen LogP contribution >= 0.6 is 11.8 Å². The van der Waals surface area contributed by atoms with Crippen LogP contribution in [0.4, 0.5) is 8.78 Å². The van der Waals surface area contributed by atoms with Crippen LogP contribution in [-0.4, -0.2) is 15.1 Å². The van der Waals surface area contributed by atoms with Crippen molar-refractivity contribution in [1.82, 2.24) is 9.97 Å². The van der Waals surface area contributed by atoms with E-state index in [1.54, 1.807) is 6.92 Å². The van der Waals surface area contributed by atoms with Crippen LogP contribution in [0.2, 0.25) is 0 Å². The second kappa shape index (κ2) is 6.50. The Morgan fingerprint density at radius 2 is 2.10 bits per heavy atom. The molecule has 0 amide bonds. The number of aryl methyl sites for hydroxylation is 1. The number of thioether (sulfide) groups is 1. The molecule has 0 aliphatic carbocycles. The van der Waals surface area contributed by atoms with E-state index in [1.807, 2.05) is 6.07 Å².